The fourth-order valence-corrected chi connectivity index (χ4v) is 2.77. The molecule has 0 radical (unpaired) electrons. The number of oxime groups is 1. The van der Waals surface area contributed by atoms with Crippen molar-refractivity contribution in [3.63, 3.8) is 0 Å². The van der Waals surface area contributed by atoms with Gasteiger partial charge in [-0.2, -0.15) is 0 Å². The number of hydrogen-bond acceptors (Lipinski definition) is 3. The fourth-order valence-electron chi connectivity index (χ4n) is 2.77. The van der Waals surface area contributed by atoms with E-state index in [1.807, 2.05) is 56.3 Å². The molecule has 0 bridgehead atoms. The fraction of sp³-hybridized carbons (Fsp3) is 0.182. The van der Waals surface area contributed by atoms with Gasteiger partial charge in [0.15, 0.2) is 6.61 Å². The summed E-state index contributed by atoms with van der Waals surface area (Å²) in [5, 5.41) is 9.15. The topological polar surface area (TPSA) is 50.7 Å². The maximum absolute atomic E-state index is 12.1. The van der Waals surface area contributed by atoms with Gasteiger partial charge in [0.25, 0.3) is 5.91 Å². The van der Waals surface area contributed by atoms with E-state index in [-0.39, 0.29) is 18.6 Å². The van der Waals surface area contributed by atoms with Gasteiger partial charge in [-0.15, -0.1) is 0 Å². The normalized spacial score (nSPS) is 12.2. The van der Waals surface area contributed by atoms with Crippen LogP contribution in [0.1, 0.15) is 29.7 Å². The first kappa shape index (κ1) is 17.7. The zero-order valence-electron chi connectivity index (χ0n) is 15.0. The second kappa shape index (κ2) is 8.30. The van der Waals surface area contributed by atoms with E-state index in [4.69, 9.17) is 4.84 Å². The van der Waals surface area contributed by atoms with E-state index in [2.05, 4.69) is 34.7 Å². The van der Waals surface area contributed by atoms with Crippen molar-refractivity contribution in [3.8, 4) is 0 Å². The molecule has 0 aliphatic carbocycles. The Hall–Kier alpha value is -3.14. The molecule has 3 aromatic rings. The molecule has 26 heavy (non-hydrogen) atoms. The Bertz CT molecular complexity index is 934. The smallest absolute Gasteiger partial charge is 0.261 e. The highest BCUT2D eigenvalue weighted by Gasteiger charge is 2.10. The van der Waals surface area contributed by atoms with E-state index in [9.17, 15) is 4.79 Å². The van der Waals surface area contributed by atoms with Gasteiger partial charge in [-0.05, 0) is 47.4 Å². The summed E-state index contributed by atoms with van der Waals surface area (Å²) in [5.41, 5.74) is 3.13. The van der Waals surface area contributed by atoms with Crippen LogP contribution in [0.2, 0.25) is 0 Å². The first-order valence-corrected chi connectivity index (χ1v) is 8.62. The number of nitrogens with zero attached hydrogens (tertiary/aromatic N) is 1. The highest BCUT2D eigenvalue weighted by atomic mass is 16.6. The predicted octanol–water partition coefficient (Wildman–Crippen LogP) is 4.38. The number of amides is 1. The monoisotopic (exact) mass is 346 g/mol. The first-order chi connectivity index (χ1) is 12.6. The maximum atomic E-state index is 12.1. The Labute approximate surface area is 153 Å². The summed E-state index contributed by atoms with van der Waals surface area (Å²) in [6.07, 6.45) is 1.62. The molecule has 0 saturated heterocycles. The van der Waals surface area contributed by atoms with E-state index in [1.54, 1.807) is 6.21 Å². The van der Waals surface area contributed by atoms with Crippen molar-refractivity contribution in [1.82, 2.24) is 5.32 Å². The van der Waals surface area contributed by atoms with Crippen LogP contribution in [0.5, 0.6) is 0 Å². The lowest BCUT2D eigenvalue weighted by Gasteiger charge is -2.14. The number of rotatable bonds is 6. The third-order valence-corrected chi connectivity index (χ3v) is 4.30. The molecule has 1 atom stereocenters. The summed E-state index contributed by atoms with van der Waals surface area (Å²) in [5.74, 6) is -0.201. The Kier molecular flexibility index (Phi) is 5.64. The predicted molar refractivity (Wildman–Crippen MR) is 105 cm³/mol. The van der Waals surface area contributed by atoms with Gasteiger partial charge < -0.3 is 10.2 Å². The molecule has 0 aromatic heterocycles. The van der Waals surface area contributed by atoms with E-state index >= 15 is 0 Å². The molecule has 1 N–H and O–H groups in total. The van der Waals surface area contributed by atoms with Gasteiger partial charge in [0.1, 0.15) is 0 Å². The number of hydrogen-bond donors (Lipinski definition) is 1. The summed E-state index contributed by atoms with van der Waals surface area (Å²) in [6.45, 7) is 3.85. The van der Waals surface area contributed by atoms with Gasteiger partial charge in [-0.1, -0.05) is 65.8 Å². The molecule has 0 fully saturated rings. The Balaban J connectivity index is 1.53. The molecule has 0 unspecified atom stereocenters. The second-order valence-corrected chi connectivity index (χ2v) is 6.26. The average Bonchev–Trinajstić information content (AvgIpc) is 2.66. The number of carbonyl (C=O) groups is 1. The van der Waals surface area contributed by atoms with Crippen LogP contribution in [0.15, 0.2) is 71.9 Å². The third kappa shape index (κ3) is 4.48. The standard InChI is InChI=1S/C22H22N2O2/c1-16-7-3-4-10-21(16)14-23-26-15-22(25)24-17(2)19-12-11-18-8-5-6-9-20(18)13-19/h3-14,17H,15H2,1-2H3,(H,24,25)/b23-14-/t17-/m0/s1. The maximum Gasteiger partial charge on any atom is 0.261 e. The van der Waals surface area contributed by atoms with Crippen LogP contribution < -0.4 is 5.32 Å². The van der Waals surface area contributed by atoms with Crippen LogP contribution in [0.25, 0.3) is 10.8 Å². The molecular weight excluding hydrogens is 324 g/mol. The number of benzene rings is 3. The van der Waals surface area contributed by atoms with Crippen molar-refractivity contribution in [2.75, 3.05) is 6.61 Å². The summed E-state index contributed by atoms with van der Waals surface area (Å²) in [4.78, 5) is 17.2. The van der Waals surface area contributed by atoms with Crippen LogP contribution in [0.4, 0.5) is 0 Å². The van der Waals surface area contributed by atoms with Crippen molar-refractivity contribution >= 4 is 22.9 Å². The molecule has 4 nitrogen and oxygen atoms in total. The summed E-state index contributed by atoms with van der Waals surface area (Å²) < 4.78 is 0. The van der Waals surface area contributed by atoms with Gasteiger partial charge in [0, 0.05) is 0 Å². The lowest BCUT2D eigenvalue weighted by atomic mass is 10.0. The second-order valence-electron chi connectivity index (χ2n) is 6.26. The molecule has 0 saturated carbocycles. The van der Waals surface area contributed by atoms with Crippen LogP contribution >= 0.6 is 0 Å². The summed E-state index contributed by atoms with van der Waals surface area (Å²) in [6, 6.07) is 22.1. The minimum atomic E-state index is -0.201. The van der Waals surface area contributed by atoms with E-state index < -0.39 is 0 Å². The van der Waals surface area contributed by atoms with Gasteiger partial charge >= 0.3 is 0 Å². The number of fused-ring (bicyclic) bond motifs is 1. The zero-order chi connectivity index (χ0) is 18.4. The highest BCUT2D eigenvalue weighted by Crippen LogP contribution is 2.20. The Morgan fingerprint density at radius 2 is 1.81 bits per heavy atom. The van der Waals surface area contributed by atoms with E-state index in [1.165, 1.54) is 5.39 Å². The minimum Gasteiger partial charge on any atom is -0.386 e. The lowest BCUT2D eigenvalue weighted by Crippen LogP contribution is -2.29. The molecule has 4 heteroatoms. The minimum absolute atomic E-state index is 0.101. The Morgan fingerprint density at radius 3 is 2.62 bits per heavy atom. The summed E-state index contributed by atoms with van der Waals surface area (Å²) >= 11 is 0. The molecule has 3 aromatic carbocycles. The largest absolute Gasteiger partial charge is 0.386 e. The summed E-state index contributed by atoms with van der Waals surface area (Å²) in [7, 11) is 0. The van der Waals surface area contributed by atoms with Crippen molar-refractivity contribution in [2.24, 2.45) is 5.16 Å². The van der Waals surface area contributed by atoms with Crippen LogP contribution in [-0.4, -0.2) is 18.7 Å². The molecular formula is C22H22N2O2. The van der Waals surface area contributed by atoms with Gasteiger partial charge in [-0.3, -0.25) is 4.79 Å². The van der Waals surface area contributed by atoms with Crippen LogP contribution in [-0.2, 0) is 9.63 Å². The molecule has 3 rings (SSSR count). The van der Waals surface area contributed by atoms with Crippen molar-refractivity contribution in [3.05, 3.63) is 83.4 Å². The third-order valence-electron chi connectivity index (χ3n) is 4.30. The lowest BCUT2D eigenvalue weighted by molar-refractivity contribution is -0.126. The molecule has 0 aliphatic rings. The molecule has 1 amide bonds. The zero-order valence-corrected chi connectivity index (χ0v) is 15.0. The number of nitrogens with one attached hydrogen (secondary N) is 1. The molecule has 0 aliphatic heterocycles. The quantitative estimate of drug-likeness (QED) is 0.532. The van der Waals surface area contributed by atoms with Crippen LogP contribution in [0.3, 0.4) is 0 Å². The van der Waals surface area contributed by atoms with Gasteiger partial charge in [0.2, 0.25) is 0 Å². The Morgan fingerprint density at radius 1 is 1.08 bits per heavy atom. The van der Waals surface area contributed by atoms with Gasteiger partial charge in [-0.25, -0.2) is 0 Å². The number of carbonyl (C=O) groups excluding carboxylic acids is 1. The molecule has 132 valence electrons. The highest BCUT2D eigenvalue weighted by molar-refractivity contribution is 5.84. The van der Waals surface area contributed by atoms with Crippen molar-refractivity contribution in [1.29, 1.82) is 0 Å². The first-order valence-electron chi connectivity index (χ1n) is 8.62. The van der Waals surface area contributed by atoms with Gasteiger partial charge in [0.05, 0.1) is 12.3 Å². The SMILES string of the molecule is Cc1ccccc1/C=N\OCC(=O)N[C@@H](C)c1ccc2ccccc2c1. The average molecular weight is 346 g/mol. The van der Waals surface area contributed by atoms with Crippen LogP contribution in [0, 0.1) is 6.92 Å². The molecule has 0 spiro atoms. The van der Waals surface area contributed by atoms with Crippen molar-refractivity contribution < 1.29 is 9.63 Å². The molecule has 0 heterocycles. The van der Waals surface area contributed by atoms with E-state index in [0.29, 0.717) is 0 Å². The van der Waals surface area contributed by atoms with E-state index in [0.717, 1.165) is 22.1 Å². The van der Waals surface area contributed by atoms with Crippen molar-refractivity contribution in [2.45, 2.75) is 19.9 Å². The number of aryl methyl sites for hydroxylation is 1.